The molecule has 2 atom stereocenters. The number of unbranched alkanes of at least 4 members (excludes halogenated alkanes) is 2. The van der Waals surface area contributed by atoms with Crippen molar-refractivity contribution < 1.29 is 4.74 Å². The van der Waals surface area contributed by atoms with Gasteiger partial charge in [0.15, 0.2) is 0 Å². The van der Waals surface area contributed by atoms with E-state index in [1.807, 2.05) is 0 Å². The van der Waals surface area contributed by atoms with E-state index in [1.165, 1.54) is 106 Å². The van der Waals surface area contributed by atoms with Crippen molar-refractivity contribution in [2.45, 2.75) is 82.5 Å². The highest BCUT2D eigenvalue weighted by Crippen LogP contribution is 2.48. The molecule has 0 heterocycles. The Morgan fingerprint density at radius 3 is 1.67 bits per heavy atom. The van der Waals surface area contributed by atoms with Crippen LogP contribution in [-0.4, -0.2) is 0 Å². The van der Waals surface area contributed by atoms with Crippen LogP contribution in [0.15, 0.2) is 133 Å². The summed E-state index contributed by atoms with van der Waals surface area (Å²) in [6.45, 7) is 2.31. The van der Waals surface area contributed by atoms with Gasteiger partial charge in [0.2, 0.25) is 0 Å². The Balaban J connectivity index is 0.950. The molecule has 0 N–H and O–H groups in total. The predicted octanol–water partition coefficient (Wildman–Crippen LogP) is 14.4. The van der Waals surface area contributed by atoms with Crippen LogP contribution in [0.1, 0.15) is 109 Å². The first-order valence-electron chi connectivity index (χ1n) is 20.0. The number of hydrogen-bond donors (Lipinski definition) is 0. The van der Waals surface area contributed by atoms with Crippen LogP contribution in [0.4, 0.5) is 0 Å². The zero-order valence-electron chi connectivity index (χ0n) is 30.5. The van der Waals surface area contributed by atoms with Gasteiger partial charge in [-0.2, -0.15) is 0 Å². The lowest BCUT2D eigenvalue weighted by atomic mass is 9.67. The average Bonchev–Trinajstić information content (AvgIpc) is 3.19. The maximum absolute atomic E-state index is 6.42. The SMILES string of the molecule is CCCCCC1CCC(c2ccc(Oc3ccc(CC(C4C=Cc5cccc6cccc4c56)C4C=Cc5cccc6cccc4c56)cc3)cc2)CC1. The van der Waals surface area contributed by atoms with Gasteiger partial charge in [-0.15, -0.1) is 0 Å². The van der Waals surface area contributed by atoms with Crippen LogP contribution in [0.25, 0.3) is 33.7 Å². The molecule has 0 saturated heterocycles. The predicted molar refractivity (Wildman–Crippen MR) is 220 cm³/mol. The molecule has 9 rings (SSSR count). The van der Waals surface area contributed by atoms with E-state index in [4.69, 9.17) is 4.74 Å². The quantitative estimate of drug-likeness (QED) is 0.124. The summed E-state index contributed by atoms with van der Waals surface area (Å²) in [6, 6.07) is 45.1. The molecule has 0 bridgehead atoms. The third kappa shape index (κ3) is 6.51. The summed E-state index contributed by atoms with van der Waals surface area (Å²) < 4.78 is 6.42. The van der Waals surface area contributed by atoms with Gasteiger partial charge in [0.1, 0.15) is 11.5 Å². The number of allylic oxidation sites excluding steroid dienone is 2. The van der Waals surface area contributed by atoms with Gasteiger partial charge >= 0.3 is 0 Å². The van der Waals surface area contributed by atoms with Crippen LogP contribution in [0.2, 0.25) is 0 Å². The fraction of sp³-hybridized carbons (Fsp3) is 0.294. The van der Waals surface area contributed by atoms with E-state index in [-0.39, 0.29) is 0 Å². The van der Waals surface area contributed by atoms with Gasteiger partial charge in [-0.05, 0) is 129 Å². The molecule has 260 valence electrons. The molecular weight excluding hydrogens is 629 g/mol. The van der Waals surface area contributed by atoms with Crippen LogP contribution in [0.5, 0.6) is 11.5 Å². The molecule has 1 saturated carbocycles. The maximum Gasteiger partial charge on any atom is 0.127 e. The van der Waals surface area contributed by atoms with E-state index in [1.54, 1.807) is 0 Å². The number of benzene rings is 6. The molecule has 52 heavy (non-hydrogen) atoms. The van der Waals surface area contributed by atoms with Crippen molar-refractivity contribution in [3.63, 3.8) is 0 Å². The van der Waals surface area contributed by atoms with Gasteiger partial charge in [0.05, 0.1) is 0 Å². The molecule has 1 nitrogen and oxygen atoms in total. The topological polar surface area (TPSA) is 9.23 Å². The lowest BCUT2D eigenvalue weighted by Crippen LogP contribution is -2.23. The Bertz CT molecular complexity index is 2120. The lowest BCUT2D eigenvalue weighted by molar-refractivity contribution is 0.302. The molecule has 3 aliphatic carbocycles. The molecule has 0 spiro atoms. The molecule has 1 fully saturated rings. The molecule has 0 amide bonds. The zero-order valence-corrected chi connectivity index (χ0v) is 30.5. The summed E-state index contributed by atoms with van der Waals surface area (Å²) in [6.07, 6.45) is 21.7. The van der Waals surface area contributed by atoms with Crippen LogP contribution < -0.4 is 4.74 Å². The van der Waals surface area contributed by atoms with Gasteiger partial charge in [0.25, 0.3) is 0 Å². The maximum atomic E-state index is 6.42. The van der Waals surface area contributed by atoms with Gasteiger partial charge < -0.3 is 4.74 Å². The van der Waals surface area contributed by atoms with Crippen LogP contribution >= 0.6 is 0 Å². The summed E-state index contributed by atoms with van der Waals surface area (Å²) in [5.41, 5.74) is 8.37. The first kappa shape index (κ1) is 33.0. The highest BCUT2D eigenvalue weighted by Gasteiger charge is 2.34. The number of rotatable bonds is 11. The second-order valence-corrected chi connectivity index (χ2v) is 15.8. The van der Waals surface area contributed by atoms with Crippen molar-refractivity contribution in [1.29, 1.82) is 0 Å². The molecule has 0 aromatic heterocycles. The van der Waals surface area contributed by atoms with Crippen molar-refractivity contribution in [2.24, 2.45) is 11.8 Å². The second-order valence-electron chi connectivity index (χ2n) is 15.8. The minimum absolute atomic E-state index is 0.291. The lowest BCUT2D eigenvalue weighted by Gasteiger charge is -2.36. The third-order valence-corrected chi connectivity index (χ3v) is 12.6. The summed E-state index contributed by atoms with van der Waals surface area (Å²) >= 11 is 0. The van der Waals surface area contributed by atoms with Crippen LogP contribution in [0, 0.1) is 11.8 Å². The Hall–Kier alpha value is -4.88. The van der Waals surface area contributed by atoms with E-state index in [0.717, 1.165) is 23.8 Å². The fourth-order valence-corrected chi connectivity index (χ4v) is 9.86. The molecular formula is C51H50O. The fourth-order valence-electron chi connectivity index (χ4n) is 9.86. The monoisotopic (exact) mass is 678 g/mol. The molecule has 6 aromatic rings. The molecule has 0 radical (unpaired) electrons. The van der Waals surface area contributed by atoms with Gasteiger partial charge in [-0.3, -0.25) is 0 Å². The third-order valence-electron chi connectivity index (χ3n) is 12.6. The van der Waals surface area contributed by atoms with E-state index < -0.39 is 0 Å². The Morgan fingerprint density at radius 2 is 1.12 bits per heavy atom. The minimum Gasteiger partial charge on any atom is -0.457 e. The highest BCUT2D eigenvalue weighted by atomic mass is 16.5. The largest absolute Gasteiger partial charge is 0.457 e. The Kier molecular flexibility index (Phi) is 9.28. The normalized spacial score (nSPS) is 21.0. The van der Waals surface area contributed by atoms with Crippen LogP contribution in [-0.2, 0) is 6.42 Å². The van der Waals surface area contributed by atoms with Gasteiger partial charge in [-0.1, -0.05) is 154 Å². The summed E-state index contributed by atoms with van der Waals surface area (Å²) in [5, 5.41) is 5.47. The summed E-state index contributed by atoms with van der Waals surface area (Å²) in [5.74, 6) is 4.38. The first-order valence-corrected chi connectivity index (χ1v) is 20.0. The van der Waals surface area contributed by atoms with E-state index in [0.29, 0.717) is 23.7 Å². The molecule has 3 aliphatic rings. The van der Waals surface area contributed by atoms with Crippen molar-refractivity contribution >= 4 is 33.7 Å². The number of ether oxygens (including phenoxy) is 1. The molecule has 1 heteroatoms. The van der Waals surface area contributed by atoms with E-state index >= 15 is 0 Å². The standard InChI is InChI=1S/C51H50O/c1-2-3-4-9-35-18-22-37(23-19-35)38-24-30-44(31-25-38)52-43-28-20-36(21-29-43)34-49(45-32-26-41-12-5-10-39-14-7-16-47(45)50(39)41)46-33-27-42-13-6-11-40-15-8-17-48(46)51(40)42/h5-8,10-17,20-21,24-33,35,37,45-46,49H,2-4,9,18-19,22-23,34H2,1H3. The first-order chi connectivity index (χ1) is 25.7. The van der Waals surface area contributed by atoms with Crippen molar-refractivity contribution in [3.05, 3.63) is 167 Å². The smallest absolute Gasteiger partial charge is 0.127 e. The Labute approximate surface area is 310 Å². The molecule has 0 aliphatic heterocycles. The zero-order chi connectivity index (χ0) is 34.9. The molecule has 2 unspecified atom stereocenters. The van der Waals surface area contributed by atoms with Gasteiger partial charge in [0, 0.05) is 11.8 Å². The van der Waals surface area contributed by atoms with Crippen LogP contribution in [0.3, 0.4) is 0 Å². The second kappa shape index (κ2) is 14.6. The summed E-state index contributed by atoms with van der Waals surface area (Å²) in [4.78, 5) is 0. The summed E-state index contributed by atoms with van der Waals surface area (Å²) in [7, 11) is 0. The minimum atomic E-state index is 0.291. The average molecular weight is 679 g/mol. The molecule has 6 aromatic carbocycles. The van der Waals surface area contributed by atoms with E-state index in [9.17, 15) is 0 Å². The Morgan fingerprint density at radius 1 is 0.577 bits per heavy atom. The van der Waals surface area contributed by atoms with Crippen molar-refractivity contribution in [2.75, 3.05) is 0 Å². The number of hydrogen-bond acceptors (Lipinski definition) is 1. The highest BCUT2D eigenvalue weighted by molar-refractivity contribution is 5.97. The van der Waals surface area contributed by atoms with Gasteiger partial charge in [-0.25, -0.2) is 0 Å². The van der Waals surface area contributed by atoms with Crippen molar-refractivity contribution in [1.82, 2.24) is 0 Å². The van der Waals surface area contributed by atoms with E-state index in [2.05, 4.69) is 153 Å². The van der Waals surface area contributed by atoms with Crippen molar-refractivity contribution in [3.8, 4) is 11.5 Å².